The molecule has 0 heterocycles. The van der Waals surface area contributed by atoms with E-state index >= 15 is 0 Å². The van der Waals surface area contributed by atoms with Crippen molar-refractivity contribution in [1.82, 2.24) is 4.90 Å². The summed E-state index contributed by atoms with van der Waals surface area (Å²) in [5.41, 5.74) is 0.870. The van der Waals surface area contributed by atoms with E-state index in [0.29, 0.717) is 12.1 Å². The fourth-order valence-corrected chi connectivity index (χ4v) is 1.24. The smallest absolute Gasteiger partial charge is 0.415 e. The number of aromatic carboxylic acids is 1. The topological polar surface area (TPSA) is 90.7 Å². The Morgan fingerprint density at radius 1 is 1.39 bits per heavy atom. The second kappa shape index (κ2) is 6.39. The minimum Gasteiger partial charge on any atom is -0.478 e. The predicted octanol–water partition coefficient (Wildman–Crippen LogP) is 1.95. The summed E-state index contributed by atoms with van der Waals surface area (Å²) in [5.74, 6) is -1.00. The first-order valence-corrected chi connectivity index (χ1v) is 5.34. The fourth-order valence-electron chi connectivity index (χ4n) is 1.24. The van der Waals surface area contributed by atoms with Gasteiger partial charge in [0.05, 0.1) is 11.9 Å². The zero-order valence-corrected chi connectivity index (χ0v) is 9.92. The second-order valence-corrected chi connectivity index (χ2v) is 3.47. The van der Waals surface area contributed by atoms with Crippen LogP contribution in [0.3, 0.4) is 0 Å². The summed E-state index contributed by atoms with van der Waals surface area (Å²) < 4.78 is 4.96. The van der Waals surface area contributed by atoms with Gasteiger partial charge < -0.3 is 9.84 Å². The Balaban J connectivity index is 2.56. The number of carboxylic acids is 1. The van der Waals surface area contributed by atoms with E-state index in [4.69, 9.17) is 15.3 Å². The number of carbonyl (C=O) groups excluding carboxylic acids is 1. The molecule has 0 aliphatic carbocycles. The van der Waals surface area contributed by atoms with Gasteiger partial charge in [-0.25, -0.2) is 9.59 Å². The first-order chi connectivity index (χ1) is 8.58. The normalized spacial score (nSPS) is 9.61. The average molecular weight is 250 g/mol. The quantitative estimate of drug-likeness (QED) is 0.617. The van der Waals surface area contributed by atoms with E-state index in [-0.39, 0.29) is 12.2 Å². The Morgan fingerprint density at radius 2 is 2.00 bits per heavy atom. The third-order valence-corrected chi connectivity index (χ3v) is 2.29. The molecule has 1 amide bonds. The summed E-state index contributed by atoms with van der Waals surface area (Å²) in [6.07, 6.45) is 0.297. The molecule has 0 saturated carbocycles. The van der Waals surface area contributed by atoms with Crippen molar-refractivity contribution >= 4 is 18.4 Å². The number of ether oxygens (including phenoxy) is 1. The molecule has 0 radical (unpaired) electrons. The van der Waals surface area contributed by atoms with E-state index in [9.17, 15) is 9.59 Å². The molecule has 0 saturated heterocycles. The molecule has 18 heavy (non-hydrogen) atoms. The van der Waals surface area contributed by atoms with Crippen LogP contribution in [0.5, 0.6) is 0 Å². The highest BCUT2D eigenvalue weighted by Gasteiger charge is 2.10. The van der Waals surface area contributed by atoms with Crippen LogP contribution < -0.4 is 0 Å². The van der Waals surface area contributed by atoms with Crippen LogP contribution in [0.4, 0.5) is 4.79 Å². The summed E-state index contributed by atoms with van der Waals surface area (Å²) in [6, 6.07) is 6.05. The van der Waals surface area contributed by atoms with E-state index in [1.807, 2.05) is 0 Å². The monoisotopic (exact) mass is 250 g/mol. The van der Waals surface area contributed by atoms with Gasteiger partial charge in [0.1, 0.15) is 6.61 Å². The van der Waals surface area contributed by atoms with Gasteiger partial charge in [0.15, 0.2) is 0 Å². The Morgan fingerprint density at radius 3 is 2.44 bits per heavy atom. The third-order valence-electron chi connectivity index (χ3n) is 2.29. The van der Waals surface area contributed by atoms with Gasteiger partial charge in [-0.05, 0) is 24.6 Å². The fraction of sp³-hybridized carbons (Fsp3) is 0.250. The van der Waals surface area contributed by atoms with Crippen molar-refractivity contribution < 1.29 is 19.4 Å². The van der Waals surface area contributed by atoms with Gasteiger partial charge >= 0.3 is 12.1 Å². The van der Waals surface area contributed by atoms with Crippen molar-refractivity contribution in [1.29, 1.82) is 5.41 Å². The van der Waals surface area contributed by atoms with Gasteiger partial charge in [0.25, 0.3) is 0 Å². The molecule has 0 fully saturated rings. The van der Waals surface area contributed by atoms with Crippen LogP contribution in [-0.2, 0) is 11.3 Å². The maximum Gasteiger partial charge on any atom is 0.415 e. The first-order valence-electron chi connectivity index (χ1n) is 5.34. The number of carbonyl (C=O) groups is 2. The van der Waals surface area contributed by atoms with Crippen LogP contribution in [0, 0.1) is 5.41 Å². The second-order valence-electron chi connectivity index (χ2n) is 3.47. The molecule has 1 aromatic carbocycles. The largest absolute Gasteiger partial charge is 0.478 e. The lowest BCUT2D eigenvalue weighted by Gasteiger charge is -2.14. The number of nitrogens with zero attached hydrogens (tertiary/aromatic N) is 1. The molecule has 6 heteroatoms. The van der Waals surface area contributed by atoms with E-state index in [1.54, 1.807) is 19.1 Å². The molecule has 0 aromatic heterocycles. The minimum atomic E-state index is -1.00. The third kappa shape index (κ3) is 3.58. The Bertz CT molecular complexity index is 442. The van der Waals surface area contributed by atoms with Crippen LogP contribution in [0.1, 0.15) is 22.8 Å². The Labute approximate surface area is 104 Å². The number of nitrogens with one attached hydrogen (secondary N) is 1. The van der Waals surface area contributed by atoms with E-state index in [2.05, 4.69) is 0 Å². The molecular formula is C12H14N2O4. The van der Waals surface area contributed by atoms with Gasteiger partial charge in [-0.15, -0.1) is 0 Å². The minimum absolute atomic E-state index is 0.0447. The maximum atomic E-state index is 11.4. The average Bonchev–Trinajstić information content (AvgIpc) is 2.38. The molecule has 0 unspecified atom stereocenters. The maximum absolute atomic E-state index is 11.4. The Hall–Kier alpha value is -2.37. The lowest BCUT2D eigenvalue weighted by Crippen LogP contribution is -2.29. The highest BCUT2D eigenvalue weighted by atomic mass is 16.6. The highest BCUT2D eigenvalue weighted by Crippen LogP contribution is 2.06. The number of rotatable bonds is 5. The number of hydrogen-bond donors (Lipinski definition) is 2. The molecule has 0 aliphatic rings. The van der Waals surface area contributed by atoms with E-state index in [1.165, 1.54) is 12.1 Å². The van der Waals surface area contributed by atoms with Crippen molar-refractivity contribution in [3.8, 4) is 0 Å². The van der Waals surface area contributed by atoms with Gasteiger partial charge in [0, 0.05) is 6.54 Å². The van der Waals surface area contributed by atoms with Crippen molar-refractivity contribution in [3.63, 3.8) is 0 Å². The molecule has 0 bridgehead atoms. The summed E-state index contributed by atoms with van der Waals surface area (Å²) in [7, 11) is 0. The van der Waals surface area contributed by atoms with Gasteiger partial charge in [-0.1, -0.05) is 12.1 Å². The first kappa shape index (κ1) is 13.7. The van der Waals surface area contributed by atoms with Crippen LogP contribution in [0.2, 0.25) is 0 Å². The van der Waals surface area contributed by atoms with Gasteiger partial charge in [0.2, 0.25) is 0 Å². The lowest BCUT2D eigenvalue weighted by atomic mass is 10.1. The van der Waals surface area contributed by atoms with Crippen LogP contribution in [0.25, 0.3) is 0 Å². The van der Waals surface area contributed by atoms with Gasteiger partial charge in [-0.2, -0.15) is 0 Å². The predicted molar refractivity (Wildman–Crippen MR) is 64.8 cm³/mol. The van der Waals surface area contributed by atoms with Crippen LogP contribution in [0.15, 0.2) is 24.3 Å². The van der Waals surface area contributed by atoms with Crippen molar-refractivity contribution in [2.45, 2.75) is 13.5 Å². The zero-order valence-electron chi connectivity index (χ0n) is 9.92. The van der Waals surface area contributed by atoms with E-state index < -0.39 is 12.1 Å². The standard InChI is InChI=1S/C12H14N2O4/c1-2-14(8-13)12(17)18-7-9-3-5-10(6-4-9)11(15)16/h3-6,8,13H,2,7H2,1H3,(H,15,16). The van der Waals surface area contributed by atoms with Crippen LogP contribution in [-0.4, -0.2) is 35.0 Å². The molecule has 6 nitrogen and oxygen atoms in total. The molecule has 0 aliphatic heterocycles. The molecule has 0 atom stereocenters. The molecule has 1 rings (SSSR count). The zero-order chi connectivity index (χ0) is 13.5. The van der Waals surface area contributed by atoms with Crippen molar-refractivity contribution in [2.24, 2.45) is 0 Å². The number of benzene rings is 1. The summed E-state index contributed by atoms with van der Waals surface area (Å²) in [6.45, 7) is 2.14. The Kier molecular flexibility index (Phi) is 4.86. The van der Waals surface area contributed by atoms with E-state index in [0.717, 1.165) is 11.2 Å². The van der Waals surface area contributed by atoms with Gasteiger partial charge in [-0.3, -0.25) is 10.3 Å². The lowest BCUT2D eigenvalue weighted by molar-refractivity contribution is 0.0696. The number of amides is 1. The summed E-state index contributed by atoms with van der Waals surface area (Å²) >= 11 is 0. The molecule has 0 spiro atoms. The van der Waals surface area contributed by atoms with Crippen LogP contribution >= 0.6 is 0 Å². The van der Waals surface area contributed by atoms with Crippen molar-refractivity contribution in [3.05, 3.63) is 35.4 Å². The summed E-state index contributed by atoms with van der Waals surface area (Å²) in [4.78, 5) is 23.2. The molecule has 2 N–H and O–H groups in total. The molecule has 96 valence electrons. The molecule has 1 aromatic rings. The molecular weight excluding hydrogens is 236 g/mol. The number of hydrogen-bond acceptors (Lipinski definition) is 4. The van der Waals surface area contributed by atoms with Crippen molar-refractivity contribution in [2.75, 3.05) is 6.54 Å². The highest BCUT2D eigenvalue weighted by molar-refractivity contribution is 5.87. The number of carboxylic acid groups (broad SMARTS) is 1. The summed E-state index contributed by atoms with van der Waals surface area (Å²) in [5, 5.41) is 15.7. The SMILES string of the molecule is CCN(C=N)C(=O)OCc1ccc(C(=O)O)cc1.